The molecule has 1 aliphatic heterocycles. The Morgan fingerprint density at radius 3 is 2.65 bits per heavy atom. The van der Waals surface area contributed by atoms with E-state index in [0.717, 1.165) is 36.7 Å². The second-order valence-corrected chi connectivity index (χ2v) is 8.37. The predicted octanol–water partition coefficient (Wildman–Crippen LogP) is 3.05. The molecule has 2 amide bonds. The Hall–Kier alpha value is -3.11. The topological polar surface area (TPSA) is 100 Å². The number of halogens is 1. The van der Waals surface area contributed by atoms with Gasteiger partial charge in [-0.1, -0.05) is 11.3 Å². The summed E-state index contributed by atoms with van der Waals surface area (Å²) in [6.07, 6.45) is 3.12. The third-order valence-electron chi connectivity index (χ3n) is 5.10. The standard InChI is InChI=1S/C21H22FN5O3S/c22-15-3-5-16(6-4-15)24-20(29)21-26-25-18(31-21)13-27-9-7-14(8-10-27)19(28)23-12-17-2-1-11-30-17/h1-6,11,14H,7-10,12-13H2,(H,23,28)(H,24,29). The number of hydrogen-bond donors (Lipinski definition) is 2. The largest absolute Gasteiger partial charge is 0.467 e. The third-order valence-corrected chi connectivity index (χ3v) is 6.00. The van der Waals surface area contributed by atoms with Crippen molar-refractivity contribution in [1.82, 2.24) is 20.4 Å². The number of rotatable bonds is 7. The van der Waals surface area contributed by atoms with Crippen LogP contribution in [0, 0.1) is 11.7 Å². The fraction of sp³-hybridized carbons (Fsp3) is 0.333. The van der Waals surface area contributed by atoms with E-state index in [4.69, 9.17) is 4.42 Å². The molecule has 162 valence electrons. The molecule has 1 fully saturated rings. The number of nitrogens with one attached hydrogen (secondary N) is 2. The first-order valence-electron chi connectivity index (χ1n) is 9.98. The third kappa shape index (κ3) is 5.74. The Morgan fingerprint density at radius 2 is 1.94 bits per heavy atom. The van der Waals surface area contributed by atoms with Gasteiger partial charge < -0.3 is 15.1 Å². The summed E-state index contributed by atoms with van der Waals surface area (Å²) in [4.78, 5) is 26.9. The van der Waals surface area contributed by atoms with E-state index in [1.54, 1.807) is 12.3 Å². The first-order valence-corrected chi connectivity index (χ1v) is 10.8. The van der Waals surface area contributed by atoms with E-state index in [9.17, 15) is 14.0 Å². The number of anilines is 1. The number of benzene rings is 1. The molecule has 0 aliphatic carbocycles. The van der Waals surface area contributed by atoms with Crippen molar-refractivity contribution in [3.05, 3.63) is 64.3 Å². The van der Waals surface area contributed by atoms with Gasteiger partial charge in [-0.3, -0.25) is 14.5 Å². The second kappa shape index (κ2) is 9.80. The number of carbonyl (C=O) groups excluding carboxylic acids is 2. The first-order chi connectivity index (χ1) is 15.1. The summed E-state index contributed by atoms with van der Waals surface area (Å²) in [6, 6.07) is 9.17. The van der Waals surface area contributed by atoms with E-state index in [1.807, 2.05) is 6.07 Å². The normalized spacial score (nSPS) is 15.0. The van der Waals surface area contributed by atoms with Crippen molar-refractivity contribution in [2.45, 2.75) is 25.9 Å². The fourth-order valence-corrected chi connectivity index (χ4v) is 4.18. The minimum Gasteiger partial charge on any atom is -0.467 e. The van der Waals surface area contributed by atoms with Crippen LogP contribution < -0.4 is 10.6 Å². The summed E-state index contributed by atoms with van der Waals surface area (Å²) < 4.78 is 18.2. The maximum Gasteiger partial charge on any atom is 0.286 e. The van der Waals surface area contributed by atoms with E-state index in [-0.39, 0.29) is 28.6 Å². The highest BCUT2D eigenvalue weighted by Gasteiger charge is 2.26. The Morgan fingerprint density at radius 1 is 1.16 bits per heavy atom. The van der Waals surface area contributed by atoms with Crippen molar-refractivity contribution in [1.29, 1.82) is 0 Å². The Bertz CT molecular complexity index is 1010. The molecule has 31 heavy (non-hydrogen) atoms. The average Bonchev–Trinajstić information content (AvgIpc) is 3.46. The molecule has 1 aliphatic rings. The molecule has 0 spiro atoms. The van der Waals surface area contributed by atoms with Crippen LogP contribution in [0.1, 0.15) is 33.4 Å². The molecule has 1 saturated heterocycles. The van der Waals surface area contributed by atoms with Gasteiger partial charge in [0, 0.05) is 11.6 Å². The first kappa shape index (κ1) is 21.1. The molecule has 2 N–H and O–H groups in total. The molecule has 0 atom stereocenters. The zero-order chi connectivity index (χ0) is 21.6. The van der Waals surface area contributed by atoms with Crippen LogP contribution in [0.2, 0.25) is 0 Å². The number of aromatic nitrogens is 2. The highest BCUT2D eigenvalue weighted by atomic mass is 32.1. The highest BCUT2D eigenvalue weighted by molar-refractivity contribution is 7.13. The second-order valence-electron chi connectivity index (χ2n) is 7.31. The van der Waals surface area contributed by atoms with Gasteiger partial charge in [0.1, 0.15) is 16.6 Å². The van der Waals surface area contributed by atoms with E-state index in [2.05, 4.69) is 25.7 Å². The van der Waals surface area contributed by atoms with Gasteiger partial charge in [-0.05, 0) is 62.3 Å². The molecule has 0 bridgehead atoms. The van der Waals surface area contributed by atoms with Crippen LogP contribution in [-0.2, 0) is 17.9 Å². The van der Waals surface area contributed by atoms with Gasteiger partial charge in [-0.15, -0.1) is 10.2 Å². The maximum atomic E-state index is 13.0. The van der Waals surface area contributed by atoms with Crippen molar-refractivity contribution in [2.24, 2.45) is 5.92 Å². The summed E-state index contributed by atoms with van der Waals surface area (Å²) in [5, 5.41) is 14.7. The van der Waals surface area contributed by atoms with Crippen LogP contribution >= 0.6 is 11.3 Å². The van der Waals surface area contributed by atoms with Crippen LogP contribution in [0.3, 0.4) is 0 Å². The van der Waals surface area contributed by atoms with Gasteiger partial charge in [0.2, 0.25) is 10.9 Å². The van der Waals surface area contributed by atoms with Crippen molar-refractivity contribution in [3.8, 4) is 0 Å². The summed E-state index contributed by atoms with van der Waals surface area (Å²) in [5.41, 5.74) is 0.496. The zero-order valence-corrected chi connectivity index (χ0v) is 17.5. The number of nitrogens with zero attached hydrogens (tertiary/aromatic N) is 3. The lowest BCUT2D eigenvalue weighted by Crippen LogP contribution is -2.40. The summed E-state index contributed by atoms with van der Waals surface area (Å²) >= 11 is 1.23. The van der Waals surface area contributed by atoms with E-state index < -0.39 is 0 Å². The molecule has 8 nitrogen and oxygen atoms in total. The van der Waals surface area contributed by atoms with Gasteiger partial charge in [-0.25, -0.2) is 4.39 Å². The molecular formula is C21H22FN5O3S. The number of likely N-dealkylation sites (tertiary alicyclic amines) is 1. The highest BCUT2D eigenvalue weighted by Crippen LogP contribution is 2.21. The fourth-order valence-electron chi connectivity index (χ4n) is 3.40. The summed E-state index contributed by atoms with van der Waals surface area (Å²) in [7, 11) is 0. The Balaban J connectivity index is 1.22. The minimum atomic E-state index is -0.373. The number of piperidine rings is 1. The lowest BCUT2D eigenvalue weighted by Gasteiger charge is -2.30. The molecule has 2 aromatic heterocycles. The number of carbonyl (C=O) groups is 2. The molecule has 3 aromatic rings. The lowest BCUT2D eigenvalue weighted by atomic mass is 9.96. The minimum absolute atomic E-state index is 0.0160. The van der Waals surface area contributed by atoms with Crippen LogP contribution in [-0.4, -0.2) is 40.0 Å². The molecule has 3 heterocycles. The van der Waals surface area contributed by atoms with Gasteiger partial charge in [-0.2, -0.15) is 0 Å². The number of furan rings is 1. The molecule has 10 heteroatoms. The average molecular weight is 444 g/mol. The predicted molar refractivity (Wildman–Crippen MR) is 113 cm³/mol. The van der Waals surface area contributed by atoms with Crippen LogP contribution in [0.25, 0.3) is 0 Å². The molecular weight excluding hydrogens is 421 g/mol. The van der Waals surface area contributed by atoms with Crippen molar-refractivity contribution in [2.75, 3.05) is 18.4 Å². The Kier molecular flexibility index (Phi) is 6.68. The molecule has 4 rings (SSSR count). The van der Waals surface area contributed by atoms with E-state index in [1.165, 1.54) is 35.6 Å². The van der Waals surface area contributed by atoms with E-state index >= 15 is 0 Å². The van der Waals surface area contributed by atoms with Crippen molar-refractivity contribution < 1.29 is 18.4 Å². The molecule has 1 aromatic carbocycles. The SMILES string of the molecule is O=C(Nc1ccc(F)cc1)c1nnc(CN2CCC(C(=O)NCc3ccco3)CC2)s1. The number of hydrogen-bond acceptors (Lipinski definition) is 7. The van der Waals surface area contributed by atoms with Crippen molar-refractivity contribution >= 4 is 28.8 Å². The van der Waals surface area contributed by atoms with Gasteiger partial charge in [0.25, 0.3) is 5.91 Å². The smallest absolute Gasteiger partial charge is 0.286 e. The maximum absolute atomic E-state index is 13.0. The van der Waals surface area contributed by atoms with Gasteiger partial charge in [0.15, 0.2) is 0 Å². The lowest BCUT2D eigenvalue weighted by molar-refractivity contribution is -0.126. The molecule has 0 radical (unpaired) electrons. The quantitative estimate of drug-likeness (QED) is 0.582. The summed E-state index contributed by atoms with van der Waals surface area (Å²) in [5.74, 6) is 0.0305. The van der Waals surface area contributed by atoms with E-state index in [0.29, 0.717) is 18.8 Å². The monoisotopic (exact) mass is 443 g/mol. The molecule has 0 saturated carbocycles. The van der Waals surface area contributed by atoms with Crippen LogP contribution in [0.4, 0.5) is 10.1 Å². The van der Waals surface area contributed by atoms with Crippen LogP contribution in [0.15, 0.2) is 47.1 Å². The van der Waals surface area contributed by atoms with Gasteiger partial charge >= 0.3 is 0 Å². The Labute approximate surface area is 182 Å². The van der Waals surface area contributed by atoms with Gasteiger partial charge in [0.05, 0.1) is 19.4 Å². The summed E-state index contributed by atoms with van der Waals surface area (Å²) in [6.45, 7) is 2.53. The molecule has 0 unspecified atom stereocenters. The van der Waals surface area contributed by atoms with Crippen molar-refractivity contribution in [3.63, 3.8) is 0 Å². The van der Waals surface area contributed by atoms with Crippen LogP contribution in [0.5, 0.6) is 0 Å². The number of amides is 2. The zero-order valence-electron chi connectivity index (χ0n) is 16.7.